The number of nitrogens with one attached hydrogen (secondary N) is 1. The molecular weight excluding hydrogens is 324 g/mol. The second kappa shape index (κ2) is 7.75. The predicted molar refractivity (Wildman–Crippen MR) is 94.8 cm³/mol. The van der Waals surface area contributed by atoms with Gasteiger partial charge in [0, 0.05) is 23.1 Å². The van der Waals surface area contributed by atoms with Gasteiger partial charge in [-0.2, -0.15) is 0 Å². The first-order valence-electron chi connectivity index (χ1n) is 8.10. The molecule has 2 rings (SSSR count). The van der Waals surface area contributed by atoms with E-state index in [1.807, 2.05) is 0 Å². The number of rotatable bonds is 7. The maximum atomic E-state index is 3.88. The van der Waals surface area contributed by atoms with Crippen molar-refractivity contribution in [2.45, 2.75) is 51.1 Å². The van der Waals surface area contributed by atoms with Gasteiger partial charge in [-0.1, -0.05) is 41.9 Å². The minimum absolute atomic E-state index is 0.621. The van der Waals surface area contributed by atoms with E-state index in [-0.39, 0.29) is 0 Å². The second-order valence-corrected chi connectivity index (χ2v) is 8.09. The first-order valence-corrected chi connectivity index (χ1v) is 8.89. The topological polar surface area (TPSA) is 15.3 Å². The van der Waals surface area contributed by atoms with Gasteiger partial charge >= 0.3 is 0 Å². The van der Waals surface area contributed by atoms with Gasteiger partial charge in [-0.15, -0.1) is 0 Å². The van der Waals surface area contributed by atoms with Crippen LogP contribution in [0.1, 0.15) is 44.6 Å². The normalized spacial score (nSPS) is 23.4. The van der Waals surface area contributed by atoms with Crippen LogP contribution in [-0.2, 0) is 0 Å². The van der Waals surface area contributed by atoms with Gasteiger partial charge in [0.15, 0.2) is 0 Å². The van der Waals surface area contributed by atoms with Crippen molar-refractivity contribution in [2.75, 3.05) is 20.6 Å². The monoisotopic (exact) mass is 352 g/mol. The molecule has 2 nitrogen and oxygen atoms in total. The lowest BCUT2D eigenvalue weighted by Crippen LogP contribution is -2.49. The molecule has 0 amide bonds. The molecule has 0 aromatic heterocycles. The first-order chi connectivity index (χ1) is 9.94. The molecule has 0 bridgehead atoms. The SMILES string of the molecule is CC(C)CC(CN(C)C)NC1CC(c2ccc(Br)cc2)C1. The Morgan fingerprint density at radius 1 is 1.19 bits per heavy atom. The van der Waals surface area contributed by atoms with Crippen molar-refractivity contribution >= 4 is 15.9 Å². The summed E-state index contributed by atoms with van der Waals surface area (Å²) < 4.78 is 1.17. The molecular formula is C18H29BrN2. The molecule has 21 heavy (non-hydrogen) atoms. The summed E-state index contributed by atoms with van der Waals surface area (Å²) >= 11 is 3.51. The Kier molecular flexibility index (Phi) is 6.27. The summed E-state index contributed by atoms with van der Waals surface area (Å²) in [6, 6.07) is 10.2. The molecule has 0 spiro atoms. The molecule has 1 saturated carbocycles. The lowest BCUT2D eigenvalue weighted by molar-refractivity contribution is 0.222. The lowest BCUT2D eigenvalue weighted by Gasteiger charge is -2.39. The Balaban J connectivity index is 1.80. The fourth-order valence-corrected chi connectivity index (χ4v) is 3.56. The van der Waals surface area contributed by atoms with E-state index in [4.69, 9.17) is 0 Å². The van der Waals surface area contributed by atoms with Crippen molar-refractivity contribution in [3.63, 3.8) is 0 Å². The molecule has 0 aliphatic heterocycles. The fourth-order valence-electron chi connectivity index (χ4n) is 3.30. The maximum absolute atomic E-state index is 3.88. The Morgan fingerprint density at radius 2 is 1.81 bits per heavy atom. The first kappa shape index (κ1) is 17.0. The Bertz CT molecular complexity index is 411. The number of likely N-dealkylation sites (N-methyl/N-ethyl adjacent to an activating group) is 1. The lowest BCUT2D eigenvalue weighted by atomic mass is 9.75. The minimum Gasteiger partial charge on any atom is -0.310 e. The molecule has 0 radical (unpaired) electrons. The highest BCUT2D eigenvalue weighted by molar-refractivity contribution is 9.10. The predicted octanol–water partition coefficient (Wildman–Crippen LogP) is 4.26. The molecule has 1 unspecified atom stereocenters. The molecule has 1 atom stereocenters. The van der Waals surface area contributed by atoms with Crippen LogP contribution in [0.2, 0.25) is 0 Å². The van der Waals surface area contributed by atoms with Gasteiger partial charge in [-0.3, -0.25) is 0 Å². The zero-order valence-corrected chi connectivity index (χ0v) is 15.4. The standard InChI is InChI=1S/C18H29BrN2/c1-13(2)9-18(12-21(3)4)20-17-10-15(11-17)14-5-7-16(19)8-6-14/h5-8,13,15,17-18,20H,9-12H2,1-4H3. The Morgan fingerprint density at radius 3 is 2.33 bits per heavy atom. The summed E-state index contributed by atoms with van der Waals surface area (Å²) in [7, 11) is 4.33. The van der Waals surface area contributed by atoms with Crippen LogP contribution in [0.4, 0.5) is 0 Å². The van der Waals surface area contributed by atoms with Crippen LogP contribution in [0.5, 0.6) is 0 Å². The van der Waals surface area contributed by atoms with Crippen molar-refractivity contribution in [1.82, 2.24) is 10.2 Å². The molecule has 1 aliphatic carbocycles. The molecule has 0 heterocycles. The minimum atomic E-state index is 0.621. The van der Waals surface area contributed by atoms with Gasteiger partial charge in [0.25, 0.3) is 0 Å². The van der Waals surface area contributed by atoms with Gasteiger partial charge in [-0.25, -0.2) is 0 Å². The van der Waals surface area contributed by atoms with E-state index < -0.39 is 0 Å². The summed E-state index contributed by atoms with van der Waals surface area (Å²) in [5.41, 5.74) is 1.49. The van der Waals surface area contributed by atoms with Gasteiger partial charge in [0.05, 0.1) is 0 Å². The van der Waals surface area contributed by atoms with Crippen molar-refractivity contribution in [2.24, 2.45) is 5.92 Å². The molecule has 1 N–H and O–H groups in total. The van der Waals surface area contributed by atoms with E-state index in [9.17, 15) is 0 Å². The van der Waals surface area contributed by atoms with Crippen LogP contribution in [0.15, 0.2) is 28.7 Å². The molecule has 0 saturated heterocycles. The molecule has 1 fully saturated rings. The van der Waals surface area contributed by atoms with Gasteiger partial charge in [0.2, 0.25) is 0 Å². The molecule has 1 aromatic rings. The number of hydrogen-bond donors (Lipinski definition) is 1. The van der Waals surface area contributed by atoms with Gasteiger partial charge in [0.1, 0.15) is 0 Å². The average molecular weight is 353 g/mol. The van der Waals surface area contributed by atoms with Crippen molar-refractivity contribution < 1.29 is 0 Å². The van der Waals surface area contributed by atoms with E-state index in [0.29, 0.717) is 12.1 Å². The maximum Gasteiger partial charge on any atom is 0.0199 e. The third-order valence-corrected chi connectivity index (χ3v) is 4.82. The molecule has 118 valence electrons. The smallest absolute Gasteiger partial charge is 0.0199 e. The van der Waals surface area contributed by atoms with E-state index in [1.54, 1.807) is 0 Å². The summed E-state index contributed by atoms with van der Waals surface area (Å²) in [4.78, 5) is 2.30. The van der Waals surface area contributed by atoms with Crippen LogP contribution < -0.4 is 5.32 Å². The fraction of sp³-hybridized carbons (Fsp3) is 0.667. The number of halogens is 1. The third-order valence-electron chi connectivity index (χ3n) is 4.29. The van der Waals surface area contributed by atoms with Gasteiger partial charge in [-0.05, 0) is 62.9 Å². The summed E-state index contributed by atoms with van der Waals surface area (Å²) in [6.45, 7) is 5.77. The average Bonchev–Trinajstić information content (AvgIpc) is 2.33. The third kappa shape index (κ3) is 5.39. The number of benzene rings is 1. The highest BCUT2D eigenvalue weighted by Gasteiger charge is 2.31. The van der Waals surface area contributed by atoms with E-state index in [2.05, 4.69) is 78.4 Å². The van der Waals surface area contributed by atoms with Crippen LogP contribution in [0, 0.1) is 5.92 Å². The van der Waals surface area contributed by atoms with Crippen LogP contribution in [-0.4, -0.2) is 37.6 Å². The largest absolute Gasteiger partial charge is 0.310 e. The van der Waals surface area contributed by atoms with Crippen LogP contribution in [0.25, 0.3) is 0 Å². The summed E-state index contributed by atoms with van der Waals surface area (Å²) in [6.07, 6.45) is 3.82. The quantitative estimate of drug-likeness (QED) is 0.788. The zero-order valence-electron chi connectivity index (χ0n) is 13.8. The Hall–Kier alpha value is -0.380. The van der Waals surface area contributed by atoms with E-state index >= 15 is 0 Å². The van der Waals surface area contributed by atoms with Gasteiger partial charge < -0.3 is 10.2 Å². The number of nitrogens with zero attached hydrogens (tertiary/aromatic N) is 1. The van der Waals surface area contributed by atoms with Crippen LogP contribution >= 0.6 is 15.9 Å². The van der Waals surface area contributed by atoms with E-state index in [0.717, 1.165) is 18.4 Å². The molecule has 3 heteroatoms. The highest BCUT2D eigenvalue weighted by Crippen LogP contribution is 2.37. The summed E-state index contributed by atoms with van der Waals surface area (Å²) in [5.74, 6) is 1.50. The Labute approximate surface area is 138 Å². The second-order valence-electron chi connectivity index (χ2n) is 7.17. The highest BCUT2D eigenvalue weighted by atomic mass is 79.9. The van der Waals surface area contributed by atoms with Crippen molar-refractivity contribution in [1.29, 1.82) is 0 Å². The number of hydrogen-bond acceptors (Lipinski definition) is 2. The summed E-state index contributed by atoms with van der Waals surface area (Å²) in [5, 5.41) is 3.88. The molecule has 1 aromatic carbocycles. The molecule has 1 aliphatic rings. The van der Waals surface area contributed by atoms with Crippen molar-refractivity contribution in [3.8, 4) is 0 Å². The zero-order chi connectivity index (χ0) is 15.4. The van der Waals surface area contributed by atoms with Crippen LogP contribution in [0.3, 0.4) is 0 Å². The van der Waals surface area contributed by atoms with Crippen molar-refractivity contribution in [3.05, 3.63) is 34.3 Å². The van der Waals surface area contributed by atoms with E-state index in [1.165, 1.54) is 29.3 Å².